The molecule has 0 fully saturated rings. The number of esters is 2. The Labute approximate surface area is 160 Å². The van der Waals surface area contributed by atoms with E-state index in [0.29, 0.717) is 11.5 Å². The number of para-hydroxylation sites is 2. The van der Waals surface area contributed by atoms with Crippen LogP contribution in [0.2, 0.25) is 0 Å². The zero-order valence-corrected chi connectivity index (χ0v) is 14.5. The van der Waals surface area contributed by atoms with Gasteiger partial charge in [0.25, 0.3) is 0 Å². The highest BCUT2D eigenvalue weighted by Crippen LogP contribution is 2.17. The zero-order chi connectivity index (χ0) is 20.4. The van der Waals surface area contributed by atoms with Crippen molar-refractivity contribution in [1.29, 1.82) is 0 Å². The monoisotopic (exact) mass is 380 g/mol. The lowest BCUT2D eigenvalue weighted by Crippen LogP contribution is -2.17. The molecule has 0 unspecified atom stereocenters. The molecule has 7 heteroatoms. The maximum Gasteiger partial charge on any atom is 0.503 e. The molecular formula is C21H16O7. The van der Waals surface area contributed by atoms with Gasteiger partial charge < -0.3 is 19.7 Å². The first-order valence-electron chi connectivity index (χ1n) is 8.02. The number of carboxylic acid groups (broad SMARTS) is 2. The summed E-state index contributed by atoms with van der Waals surface area (Å²) in [6, 6.07) is 23.8. The largest absolute Gasteiger partial charge is 0.503 e. The highest BCUT2D eigenvalue weighted by molar-refractivity contribution is 6.04. The van der Waals surface area contributed by atoms with Crippen LogP contribution in [0.1, 0.15) is 20.7 Å². The topological polar surface area (TPSA) is 110 Å². The predicted octanol–water partition coefficient (Wildman–Crippen LogP) is 4.35. The number of hydrogen-bond acceptors (Lipinski definition) is 5. The summed E-state index contributed by atoms with van der Waals surface area (Å²) in [6.07, 6.45) is -1.83. The van der Waals surface area contributed by atoms with E-state index in [1.807, 2.05) is 12.1 Å². The number of rotatable bonds is 4. The minimum Gasteiger partial charge on any atom is -0.450 e. The van der Waals surface area contributed by atoms with Gasteiger partial charge in [0.05, 0.1) is 11.1 Å². The van der Waals surface area contributed by atoms with Crippen LogP contribution in [0, 0.1) is 0 Å². The third-order valence-electron chi connectivity index (χ3n) is 3.27. The maximum absolute atomic E-state index is 12.4. The second-order valence-electron chi connectivity index (χ2n) is 5.23. The van der Waals surface area contributed by atoms with Gasteiger partial charge in [-0.05, 0) is 36.4 Å². The Morgan fingerprint density at radius 1 is 0.536 bits per heavy atom. The van der Waals surface area contributed by atoms with Crippen LogP contribution in [-0.2, 0) is 0 Å². The molecule has 0 bridgehead atoms. The van der Waals surface area contributed by atoms with E-state index in [1.54, 1.807) is 60.7 Å². The standard InChI is InChI=1S/C20H14O4.CH2O3/c21-19(23-15-9-3-1-4-10-15)17-13-7-8-14-18(17)20(22)24-16-11-5-2-6-12-16;2-1(3)4/h1-14H;(H2,2,3,4). The molecule has 7 nitrogen and oxygen atoms in total. The van der Waals surface area contributed by atoms with Crippen molar-refractivity contribution in [3.63, 3.8) is 0 Å². The summed E-state index contributed by atoms with van der Waals surface area (Å²) in [4.78, 5) is 33.3. The van der Waals surface area contributed by atoms with Crippen LogP contribution in [0.15, 0.2) is 84.9 Å². The lowest BCUT2D eigenvalue weighted by atomic mass is 10.1. The van der Waals surface area contributed by atoms with Crippen molar-refractivity contribution in [2.24, 2.45) is 0 Å². The molecular weight excluding hydrogens is 364 g/mol. The Hall–Kier alpha value is -4.13. The number of hydrogen-bond donors (Lipinski definition) is 2. The fourth-order valence-electron chi connectivity index (χ4n) is 2.14. The maximum atomic E-state index is 12.4. The molecule has 0 radical (unpaired) electrons. The summed E-state index contributed by atoms with van der Waals surface area (Å²) >= 11 is 0. The highest BCUT2D eigenvalue weighted by Gasteiger charge is 2.20. The molecule has 0 amide bonds. The summed E-state index contributed by atoms with van der Waals surface area (Å²) < 4.78 is 10.6. The molecule has 0 aromatic heterocycles. The summed E-state index contributed by atoms with van der Waals surface area (Å²) in [6.45, 7) is 0. The van der Waals surface area contributed by atoms with Crippen LogP contribution < -0.4 is 9.47 Å². The van der Waals surface area contributed by atoms with Gasteiger partial charge in [-0.2, -0.15) is 0 Å². The van der Waals surface area contributed by atoms with E-state index in [-0.39, 0.29) is 11.1 Å². The summed E-state index contributed by atoms with van der Waals surface area (Å²) in [7, 11) is 0. The van der Waals surface area contributed by atoms with Crippen molar-refractivity contribution in [3.05, 3.63) is 96.1 Å². The molecule has 3 rings (SSSR count). The van der Waals surface area contributed by atoms with Gasteiger partial charge in [-0.25, -0.2) is 14.4 Å². The zero-order valence-electron chi connectivity index (χ0n) is 14.5. The first kappa shape index (κ1) is 20.2. The van der Waals surface area contributed by atoms with Crippen LogP contribution in [0.4, 0.5) is 4.79 Å². The van der Waals surface area contributed by atoms with Gasteiger partial charge in [0.15, 0.2) is 0 Å². The number of benzene rings is 3. The fourth-order valence-corrected chi connectivity index (χ4v) is 2.14. The summed E-state index contributed by atoms with van der Waals surface area (Å²) in [5.74, 6) is -0.397. The number of ether oxygens (including phenoxy) is 2. The van der Waals surface area contributed by atoms with Crippen molar-refractivity contribution in [1.82, 2.24) is 0 Å². The van der Waals surface area contributed by atoms with Gasteiger partial charge in [0.1, 0.15) is 11.5 Å². The normalized spacial score (nSPS) is 9.43. The molecule has 0 aliphatic rings. The molecule has 142 valence electrons. The smallest absolute Gasteiger partial charge is 0.450 e. The average molecular weight is 380 g/mol. The van der Waals surface area contributed by atoms with E-state index < -0.39 is 18.1 Å². The van der Waals surface area contributed by atoms with Crippen LogP contribution in [0.5, 0.6) is 11.5 Å². The van der Waals surface area contributed by atoms with Gasteiger partial charge in [-0.15, -0.1) is 0 Å². The van der Waals surface area contributed by atoms with E-state index in [4.69, 9.17) is 24.5 Å². The van der Waals surface area contributed by atoms with Gasteiger partial charge in [0.2, 0.25) is 0 Å². The van der Waals surface area contributed by atoms with Crippen LogP contribution in [0.3, 0.4) is 0 Å². The first-order valence-corrected chi connectivity index (χ1v) is 8.02. The highest BCUT2D eigenvalue weighted by atomic mass is 16.6. The van der Waals surface area contributed by atoms with Crippen LogP contribution >= 0.6 is 0 Å². The van der Waals surface area contributed by atoms with Crippen molar-refractivity contribution < 1.29 is 34.1 Å². The Kier molecular flexibility index (Phi) is 7.30. The third kappa shape index (κ3) is 6.30. The van der Waals surface area contributed by atoms with E-state index in [0.717, 1.165) is 0 Å². The quantitative estimate of drug-likeness (QED) is 0.511. The number of carbonyl (C=O) groups is 3. The van der Waals surface area contributed by atoms with Gasteiger partial charge >= 0.3 is 18.1 Å². The SMILES string of the molecule is O=C(O)O.O=C(Oc1ccccc1)c1ccccc1C(=O)Oc1ccccc1. The first-order chi connectivity index (χ1) is 13.5. The fraction of sp³-hybridized carbons (Fsp3) is 0. The lowest BCUT2D eigenvalue weighted by molar-refractivity contribution is 0.0692. The van der Waals surface area contributed by atoms with E-state index in [9.17, 15) is 9.59 Å². The molecule has 3 aromatic rings. The minimum absolute atomic E-state index is 0.155. The molecule has 2 N–H and O–H groups in total. The molecule has 0 aliphatic heterocycles. The summed E-state index contributed by atoms with van der Waals surface area (Å²) in [5.41, 5.74) is 0.310. The third-order valence-corrected chi connectivity index (χ3v) is 3.27. The predicted molar refractivity (Wildman–Crippen MR) is 99.9 cm³/mol. The van der Waals surface area contributed by atoms with E-state index in [1.165, 1.54) is 12.1 Å². The van der Waals surface area contributed by atoms with E-state index >= 15 is 0 Å². The molecule has 0 saturated heterocycles. The Balaban J connectivity index is 0.000000640. The molecule has 0 atom stereocenters. The second kappa shape index (κ2) is 10.1. The second-order valence-corrected chi connectivity index (χ2v) is 5.23. The Morgan fingerprint density at radius 2 is 0.821 bits per heavy atom. The van der Waals surface area contributed by atoms with Crippen molar-refractivity contribution in [3.8, 4) is 11.5 Å². The van der Waals surface area contributed by atoms with Crippen LogP contribution in [0.25, 0.3) is 0 Å². The molecule has 0 heterocycles. The van der Waals surface area contributed by atoms with Crippen molar-refractivity contribution in [2.45, 2.75) is 0 Å². The average Bonchev–Trinajstić information content (AvgIpc) is 2.69. The molecule has 0 saturated carbocycles. The van der Waals surface area contributed by atoms with Gasteiger partial charge in [-0.1, -0.05) is 48.5 Å². The van der Waals surface area contributed by atoms with Crippen molar-refractivity contribution >= 4 is 18.1 Å². The van der Waals surface area contributed by atoms with Crippen LogP contribution in [-0.4, -0.2) is 28.3 Å². The summed E-state index contributed by atoms with van der Waals surface area (Å²) in [5, 5.41) is 13.9. The molecule has 0 aliphatic carbocycles. The Bertz CT molecular complexity index is 861. The van der Waals surface area contributed by atoms with E-state index in [2.05, 4.69) is 0 Å². The van der Waals surface area contributed by atoms with Gasteiger partial charge in [0, 0.05) is 0 Å². The van der Waals surface area contributed by atoms with Gasteiger partial charge in [-0.3, -0.25) is 0 Å². The lowest BCUT2D eigenvalue weighted by Gasteiger charge is -2.09. The number of carbonyl (C=O) groups excluding carboxylic acids is 2. The molecule has 28 heavy (non-hydrogen) atoms. The molecule has 0 spiro atoms. The Morgan fingerprint density at radius 3 is 1.14 bits per heavy atom. The van der Waals surface area contributed by atoms with Crippen molar-refractivity contribution in [2.75, 3.05) is 0 Å². The minimum atomic E-state index is -1.83. The molecule has 3 aromatic carbocycles.